The molecular formula is C8H9F2NO2. The highest BCUT2D eigenvalue weighted by atomic mass is 19.2. The van der Waals surface area contributed by atoms with Gasteiger partial charge in [0.05, 0.1) is 6.54 Å². The minimum Gasteiger partial charge on any atom is -0.505 e. The largest absolute Gasteiger partial charge is 0.505 e. The quantitative estimate of drug-likeness (QED) is 0.693. The second-order valence-electron chi connectivity index (χ2n) is 2.68. The Bertz CT molecular complexity index is 315. The van der Waals surface area contributed by atoms with E-state index in [0.29, 0.717) is 0 Å². The summed E-state index contributed by atoms with van der Waals surface area (Å²) in [6.07, 6.45) is 0. The van der Waals surface area contributed by atoms with Gasteiger partial charge in [-0.3, -0.25) is 0 Å². The molecule has 13 heavy (non-hydrogen) atoms. The number of rotatable bonds is 2. The number of nitrogens with zero attached hydrogens (tertiary/aromatic N) is 1. The lowest BCUT2D eigenvalue weighted by atomic mass is 10.2. The lowest BCUT2D eigenvalue weighted by Gasteiger charge is -2.09. The van der Waals surface area contributed by atoms with Crippen LogP contribution in [0.3, 0.4) is 0 Å². The molecule has 0 aliphatic rings. The molecule has 1 aromatic rings. The summed E-state index contributed by atoms with van der Waals surface area (Å²) in [6, 6.07) is 2.11. The van der Waals surface area contributed by atoms with Crippen molar-refractivity contribution in [2.75, 3.05) is 7.05 Å². The van der Waals surface area contributed by atoms with Gasteiger partial charge in [-0.1, -0.05) is 6.07 Å². The highest BCUT2D eigenvalue weighted by molar-refractivity contribution is 5.34. The molecule has 0 heterocycles. The van der Waals surface area contributed by atoms with Crippen molar-refractivity contribution in [2.45, 2.75) is 6.54 Å². The van der Waals surface area contributed by atoms with E-state index in [-0.39, 0.29) is 12.1 Å². The first kappa shape index (κ1) is 9.88. The van der Waals surface area contributed by atoms with E-state index in [1.165, 1.54) is 13.1 Å². The molecule has 0 bridgehead atoms. The Morgan fingerprint density at radius 1 is 1.38 bits per heavy atom. The predicted octanol–water partition coefficient (Wildman–Crippen LogP) is 1.49. The average molecular weight is 189 g/mol. The number of phenolic OH excluding ortho intramolecular Hbond substituents is 1. The summed E-state index contributed by atoms with van der Waals surface area (Å²) in [6.45, 7) is -0.0664. The average Bonchev–Trinajstić information content (AvgIpc) is 2.06. The first-order chi connectivity index (χ1) is 6.02. The van der Waals surface area contributed by atoms with Crippen molar-refractivity contribution in [3.8, 4) is 5.75 Å². The lowest BCUT2D eigenvalue weighted by Crippen LogP contribution is -2.12. The third-order valence-electron chi connectivity index (χ3n) is 1.55. The second kappa shape index (κ2) is 3.68. The maximum atomic E-state index is 12.7. The molecule has 72 valence electrons. The minimum absolute atomic E-state index is 0.0664. The van der Waals surface area contributed by atoms with Gasteiger partial charge in [-0.05, 0) is 6.07 Å². The highest BCUT2D eigenvalue weighted by Gasteiger charge is 2.12. The summed E-state index contributed by atoms with van der Waals surface area (Å²) in [5, 5.41) is 18.6. The zero-order chi connectivity index (χ0) is 10.0. The monoisotopic (exact) mass is 189 g/mol. The number of hydroxylamine groups is 2. The van der Waals surface area contributed by atoms with Crippen molar-refractivity contribution in [3.63, 3.8) is 0 Å². The number of phenols is 1. The Kier molecular flexibility index (Phi) is 2.79. The fourth-order valence-corrected chi connectivity index (χ4v) is 0.954. The maximum Gasteiger partial charge on any atom is 0.200 e. The number of hydrogen-bond acceptors (Lipinski definition) is 3. The zero-order valence-electron chi connectivity index (χ0n) is 6.96. The molecule has 0 aromatic heterocycles. The van der Waals surface area contributed by atoms with Crippen LogP contribution in [0.5, 0.6) is 5.75 Å². The van der Waals surface area contributed by atoms with Gasteiger partial charge in [0.1, 0.15) is 0 Å². The Labute approximate surface area is 73.8 Å². The van der Waals surface area contributed by atoms with E-state index < -0.39 is 17.4 Å². The minimum atomic E-state index is -1.29. The Morgan fingerprint density at radius 2 is 2.00 bits per heavy atom. The van der Waals surface area contributed by atoms with Gasteiger partial charge in [-0.2, -0.15) is 9.45 Å². The second-order valence-corrected chi connectivity index (χ2v) is 2.68. The van der Waals surface area contributed by atoms with Crippen molar-refractivity contribution in [2.24, 2.45) is 0 Å². The van der Waals surface area contributed by atoms with Crippen molar-refractivity contribution < 1.29 is 19.1 Å². The van der Waals surface area contributed by atoms with Crippen LogP contribution in [0, 0.1) is 11.6 Å². The first-order valence-corrected chi connectivity index (χ1v) is 3.58. The van der Waals surface area contributed by atoms with Gasteiger partial charge < -0.3 is 10.3 Å². The first-order valence-electron chi connectivity index (χ1n) is 3.58. The molecule has 0 saturated carbocycles. The Hall–Kier alpha value is -1.20. The van der Waals surface area contributed by atoms with E-state index in [0.717, 1.165) is 11.1 Å². The number of hydrogen-bond donors (Lipinski definition) is 2. The molecule has 0 amide bonds. The molecule has 5 heteroatoms. The molecule has 0 fully saturated rings. The molecule has 0 spiro atoms. The standard InChI is InChI=1S/C8H9F2NO2/c1-11(13)4-5-2-3-6(9)7(10)8(5)12/h2-3,12-13H,4H2,1H3. The van der Waals surface area contributed by atoms with E-state index in [1.807, 2.05) is 0 Å². The summed E-state index contributed by atoms with van der Waals surface area (Å²) in [7, 11) is 1.33. The van der Waals surface area contributed by atoms with Gasteiger partial charge in [0.15, 0.2) is 11.6 Å². The molecule has 0 aliphatic carbocycles. The zero-order valence-corrected chi connectivity index (χ0v) is 6.96. The van der Waals surface area contributed by atoms with Crippen LogP contribution in [-0.4, -0.2) is 22.4 Å². The van der Waals surface area contributed by atoms with Crippen molar-refractivity contribution >= 4 is 0 Å². The summed E-state index contributed by atoms with van der Waals surface area (Å²) < 4.78 is 25.2. The van der Waals surface area contributed by atoms with E-state index in [1.54, 1.807) is 0 Å². The third kappa shape index (κ3) is 2.13. The Morgan fingerprint density at radius 3 is 2.54 bits per heavy atom. The van der Waals surface area contributed by atoms with Crippen LogP contribution in [0.2, 0.25) is 0 Å². The van der Waals surface area contributed by atoms with Crippen LogP contribution >= 0.6 is 0 Å². The van der Waals surface area contributed by atoms with E-state index in [2.05, 4.69) is 0 Å². The molecule has 0 unspecified atom stereocenters. The van der Waals surface area contributed by atoms with Crippen molar-refractivity contribution in [1.29, 1.82) is 0 Å². The summed E-state index contributed by atoms with van der Waals surface area (Å²) in [5.41, 5.74) is 0.129. The normalized spacial score (nSPS) is 10.8. The van der Waals surface area contributed by atoms with Gasteiger partial charge in [-0.25, -0.2) is 4.39 Å². The lowest BCUT2D eigenvalue weighted by molar-refractivity contribution is -0.0736. The topological polar surface area (TPSA) is 43.7 Å². The van der Waals surface area contributed by atoms with E-state index in [9.17, 15) is 8.78 Å². The smallest absolute Gasteiger partial charge is 0.200 e. The molecule has 1 aromatic carbocycles. The van der Waals surface area contributed by atoms with Gasteiger partial charge in [-0.15, -0.1) is 0 Å². The Balaban J connectivity index is 3.04. The van der Waals surface area contributed by atoms with Gasteiger partial charge in [0.25, 0.3) is 0 Å². The van der Waals surface area contributed by atoms with Crippen LogP contribution in [0.1, 0.15) is 5.56 Å². The summed E-state index contributed by atoms with van der Waals surface area (Å²) in [5.74, 6) is -3.16. The maximum absolute atomic E-state index is 12.7. The van der Waals surface area contributed by atoms with Crippen LogP contribution in [0.15, 0.2) is 12.1 Å². The van der Waals surface area contributed by atoms with E-state index in [4.69, 9.17) is 10.3 Å². The molecule has 0 saturated heterocycles. The number of benzene rings is 1. The molecule has 2 N–H and O–H groups in total. The van der Waals surface area contributed by atoms with E-state index >= 15 is 0 Å². The van der Waals surface area contributed by atoms with Gasteiger partial charge in [0.2, 0.25) is 5.82 Å². The van der Waals surface area contributed by atoms with Crippen LogP contribution < -0.4 is 0 Å². The van der Waals surface area contributed by atoms with Crippen molar-refractivity contribution in [1.82, 2.24) is 5.06 Å². The third-order valence-corrected chi connectivity index (χ3v) is 1.55. The number of halogens is 2. The molecule has 0 aliphatic heterocycles. The van der Waals surface area contributed by atoms with Crippen LogP contribution in [0.25, 0.3) is 0 Å². The van der Waals surface area contributed by atoms with Gasteiger partial charge >= 0.3 is 0 Å². The number of aromatic hydroxyl groups is 1. The highest BCUT2D eigenvalue weighted by Crippen LogP contribution is 2.23. The van der Waals surface area contributed by atoms with Gasteiger partial charge in [0, 0.05) is 12.6 Å². The summed E-state index contributed by atoms with van der Waals surface area (Å²) >= 11 is 0. The van der Waals surface area contributed by atoms with Crippen LogP contribution in [-0.2, 0) is 6.54 Å². The summed E-state index contributed by atoms with van der Waals surface area (Å²) in [4.78, 5) is 0. The fraction of sp³-hybridized carbons (Fsp3) is 0.250. The molecule has 0 atom stereocenters. The SMILES string of the molecule is CN(O)Cc1ccc(F)c(F)c1O. The molecule has 0 radical (unpaired) electrons. The van der Waals surface area contributed by atoms with Crippen molar-refractivity contribution in [3.05, 3.63) is 29.3 Å². The fourth-order valence-electron chi connectivity index (χ4n) is 0.954. The molecule has 1 rings (SSSR count). The predicted molar refractivity (Wildman–Crippen MR) is 41.3 cm³/mol. The molecule has 3 nitrogen and oxygen atoms in total. The van der Waals surface area contributed by atoms with Crippen LogP contribution in [0.4, 0.5) is 8.78 Å². The molecular weight excluding hydrogens is 180 g/mol.